The molecule has 3 N–H and O–H groups in total. The Hall–Kier alpha value is -1.71. The van der Waals surface area contributed by atoms with E-state index >= 15 is 0 Å². The zero-order valence-corrected chi connectivity index (χ0v) is 10.1. The largest absolute Gasteiger partial charge is 0.492 e. The SMILES string of the molecule is Cc1ccc(OCCN=C(N)NC2CC2)cc1. The molecule has 1 fully saturated rings. The van der Waals surface area contributed by atoms with Gasteiger partial charge in [0.1, 0.15) is 12.4 Å². The van der Waals surface area contributed by atoms with Crippen molar-refractivity contribution in [2.45, 2.75) is 25.8 Å². The van der Waals surface area contributed by atoms with Crippen LogP contribution in [0.3, 0.4) is 0 Å². The number of aryl methyl sites for hydroxylation is 1. The average Bonchev–Trinajstić information content (AvgIpc) is 3.11. The number of guanidine groups is 1. The molecule has 0 bridgehead atoms. The third kappa shape index (κ3) is 4.34. The molecule has 2 rings (SSSR count). The minimum Gasteiger partial charge on any atom is -0.492 e. The number of rotatable bonds is 5. The Morgan fingerprint density at radius 1 is 1.41 bits per heavy atom. The number of ether oxygens (including phenoxy) is 1. The first-order valence-corrected chi connectivity index (χ1v) is 6.00. The number of benzene rings is 1. The van der Waals surface area contributed by atoms with Crippen LogP contribution in [0.5, 0.6) is 5.75 Å². The highest BCUT2D eigenvalue weighted by Gasteiger charge is 2.21. The molecule has 0 radical (unpaired) electrons. The fourth-order valence-electron chi connectivity index (χ4n) is 1.45. The molecule has 17 heavy (non-hydrogen) atoms. The van der Waals surface area contributed by atoms with E-state index in [1.807, 2.05) is 24.3 Å². The van der Waals surface area contributed by atoms with Gasteiger partial charge in [-0.25, -0.2) is 4.99 Å². The van der Waals surface area contributed by atoms with Crippen molar-refractivity contribution in [3.05, 3.63) is 29.8 Å². The first-order valence-electron chi connectivity index (χ1n) is 6.00. The summed E-state index contributed by atoms with van der Waals surface area (Å²) >= 11 is 0. The third-order valence-corrected chi connectivity index (χ3v) is 2.59. The molecule has 0 amide bonds. The summed E-state index contributed by atoms with van der Waals surface area (Å²) in [5.74, 6) is 1.40. The number of nitrogens with zero attached hydrogens (tertiary/aromatic N) is 1. The number of nitrogens with one attached hydrogen (secondary N) is 1. The van der Waals surface area contributed by atoms with Crippen LogP contribution in [0.2, 0.25) is 0 Å². The van der Waals surface area contributed by atoms with Crippen LogP contribution in [0, 0.1) is 6.92 Å². The minimum absolute atomic E-state index is 0.528. The van der Waals surface area contributed by atoms with Crippen molar-refractivity contribution in [3.63, 3.8) is 0 Å². The average molecular weight is 233 g/mol. The van der Waals surface area contributed by atoms with Crippen molar-refractivity contribution in [2.75, 3.05) is 13.2 Å². The van der Waals surface area contributed by atoms with Crippen molar-refractivity contribution >= 4 is 5.96 Å². The van der Waals surface area contributed by atoms with Gasteiger partial charge < -0.3 is 15.8 Å². The predicted molar refractivity (Wildman–Crippen MR) is 69.3 cm³/mol. The summed E-state index contributed by atoms with van der Waals surface area (Å²) in [6, 6.07) is 8.54. The van der Waals surface area contributed by atoms with Crippen molar-refractivity contribution in [2.24, 2.45) is 10.7 Å². The van der Waals surface area contributed by atoms with E-state index in [0.29, 0.717) is 25.2 Å². The third-order valence-electron chi connectivity index (χ3n) is 2.59. The van der Waals surface area contributed by atoms with Crippen molar-refractivity contribution in [1.82, 2.24) is 5.32 Å². The summed E-state index contributed by atoms with van der Waals surface area (Å²) in [7, 11) is 0. The maximum atomic E-state index is 5.70. The van der Waals surface area contributed by atoms with Crippen molar-refractivity contribution in [1.29, 1.82) is 0 Å². The highest BCUT2D eigenvalue weighted by molar-refractivity contribution is 5.78. The van der Waals surface area contributed by atoms with Crippen LogP contribution in [-0.2, 0) is 0 Å². The molecule has 0 aromatic heterocycles. The van der Waals surface area contributed by atoms with Crippen LogP contribution in [0.1, 0.15) is 18.4 Å². The Bertz CT molecular complexity index is 382. The predicted octanol–water partition coefficient (Wildman–Crippen LogP) is 1.44. The van der Waals surface area contributed by atoms with Gasteiger partial charge in [-0.15, -0.1) is 0 Å². The minimum atomic E-state index is 0.528. The number of nitrogens with two attached hydrogens (primary N) is 1. The monoisotopic (exact) mass is 233 g/mol. The van der Waals surface area contributed by atoms with Crippen LogP contribution in [0.4, 0.5) is 0 Å². The Labute approximate surface area is 102 Å². The number of aliphatic imine (C=N–C) groups is 1. The van der Waals surface area contributed by atoms with Gasteiger partial charge in [0.15, 0.2) is 5.96 Å². The van der Waals surface area contributed by atoms with E-state index < -0.39 is 0 Å². The standard InChI is InChI=1S/C13H19N3O/c1-10-2-6-12(7-3-10)17-9-8-15-13(14)16-11-4-5-11/h2-3,6-7,11H,4-5,8-9H2,1H3,(H3,14,15,16). The molecule has 4 heteroatoms. The summed E-state index contributed by atoms with van der Waals surface area (Å²) in [5.41, 5.74) is 6.93. The fraction of sp³-hybridized carbons (Fsp3) is 0.462. The van der Waals surface area contributed by atoms with Crippen LogP contribution < -0.4 is 15.8 Å². The Morgan fingerprint density at radius 2 is 2.12 bits per heavy atom. The molecule has 1 aromatic rings. The quantitative estimate of drug-likeness (QED) is 0.459. The lowest BCUT2D eigenvalue weighted by molar-refractivity contribution is 0.328. The Balaban J connectivity index is 1.66. The van der Waals surface area contributed by atoms with E-state index in [-0.39, 0.29) is 0 Å². The Morgan fingerprint density at radius 3 is 2.76 bits per heavy atom. The van der Waals surface area contributed by atoms with Gasteiger partial charge in [0.2, 0.25) is 0 Å². The molecular formula is C13H19N3O. The molecule has 0 heterocycles. The van der Waals surface area contributed by atoms with Gasteiger partial charge in [0.25, 0.3) is 0 Å². The summed E-state index contributed by atoms with van der Waals surface area (Å²) in [6.45, 7) is 3.19. The normalized spacial score (nSPS) is 15.7. The lowest BCUT2D eigenvalue weighted by Crippen LogP contribution is -2.33. The summed E-state index contributed by atoms with van der Waals surface area (Å²) in [4.78, 5) is 4.20. The van der Waals surface area contributed by atoms with Crippen LogP contribution in [0.15, 0.2) is 29.3 Å². The maximum Gasteiger partial charge on any atom is 0.188 e. The smallest absolute Gasteiger partial charge is 0.188 e. The Kier molecular flexibility index (Phi) is 3.85. The number of hydrogen-bond acceptors (Lipinski definition) is 2. The van der Waals surface area contributed by atoms with E-state index in [2.05, 4.69) is 17.2 Å². The number of hydrogen-bond donors (Lipinski definition) is 2. The second-order valence-corrected chi connectivity index (χ2v) is 4.35. The van der Waals surface area contributed by atoms with Gasteiger partial charge in [-0.2, -0.15) is 0 Å². The molecule has 0 atom stereocenters. The molecule has 0 unspecified atom stereocenters. The highest BCUT2D eigenvalue weighted by Crippen LogP contribution is 2.17. The van der Waals surface area contributed by atoms with Gasteiger partial charge in [0.05, 0.1) is 6.54 Å². The topological polar surface area (TPSA) is 59.6 Å². The first kappa shape index (κ1) is 11.8. The van der Waals surface area contributed by atoms with E-state index in [1.54, 1.807) is 0 Å². The molecule has 0 saturated heterocycles. The fourth-order valence-corrected chi connectivity index (χ4v) is 1.45. The van der Waals surface area contributed by atoms with E-state index in [9.17, 15) is 0 Å². The molecular weight excluding hydrogens is 214 g/mol. The molecule has 1 saturated carbocycles. The summed E-state index contributed by atoms with van der Waals surface area (Å²) < 4.78 is 5.54. The molecule has 1 aliphatic rings. The molecule has 92 valence electrons. The molecule has 4 nitrogen and oxygen atoms in total. The van der Waals surface area contributed by atoms with Crippen molar-refractivity contribution in [3.8, 4) is 5.75 Å². The van der Waals surface area contributed by atoms with Crippen molar-refractivity contribution < 1.29 is 4.74 Å². The molecule has 0 spiro atoms. The zero-order valence-electron chi connectivity index (χ0n) is 10.1. The highest BCUT2D eigenvalue weighted by atomic mass is 16.5. The second-order valence-electron chi connectivity index (χ2n) is 4.35. The molecule has 1 aromatic carbocycles. The van der Waals surface area contributed by atoms with E-state index in [0.717, 1.165) is 5.75 Å². The van der Waals surface area contributed by atoms with Gasteiger partial charge in [-0.3, -0.25) is 0 Å². The van der Waals surface area contributed by atoms with E-state index in [1.165, 1.54) is 18.4 Å². The zero-order chi connectivity index (χ0) is 12.1. The van der Waals surface area contributed by atoms with E-state index in [4.69, 9.17) is 10.5 Å². The lowest BCUT2D eigenvalue weighted by atomic mass is 10.2. The molecule has 0 aliphatic heterocycles. The first-order chi connectivity index (χ1) is 8.24. The summed E-state index contributed by atoms with van der Waals surface area (Å²) in [5, 5.41) is 3.13. The van der Waals surface area contributed by atoms with Gasteiger partial charge in [-0.05, 0) is 31.9 Å². The van der Waals surface area contributed by atoms with Gasteiger partial charge >= 0.3 is 0 Å². The molecule has 1 aliphatic carbocycles. The van der Waals surface area contributed by atoms with Crippen LogP contribution in [0.25, 0.3) is 0 Å². The second kappa shape index (κ2) is 5.57. The lowest BCUT2D eigenvalue weighted by Gasteiger charge is -2.05. The van der Waals surface area contributed by atoms with Gasteiger partial charge in [-0.1, -0.05) is 17.7 Å². The van der Waals surface area contributed by atoms with Crippen LogP contribution in [-0.4, -0.2) is 25.2 Å². The van der Waals surface area contributed by atoms with Crippen LogP contribution >= 0.6 is 0 Å². The summed E-state index contributed by atoms with van der Waals surface area (Å²) in [6.07, 6.45) is 2.41. The maximum absolute atomic E-state index is 5.70. The van der Waals surface area contributed by atoms with Gasteiger partial charge in [0, 0.05) is 6.04 Å².